The van der Waals surface area contributed by atoms with E-state index in [9.17, 15) is 14.4 Å². The molecule has 23 heavy (non-hydrogen) atoms. The second-order valence-corrected chi connectivity index (χ2v) is 6.16. The summed E-state index contributed by atoms with van der Waals surface area (Å²) < 4.78 is 5.54. The molecule has 1 aliphatic carbocycles. The van der Waals surface area contributed by atoms with Gasteiger partial charge in [0.2, 0.25) is 5.91 Å². The summed E-state index contributed by atoms with van der Waals surface area (Å²) in [5.41, 5.74) is 1.14. The molecule has 0 bridgehead atoms. The van der Waals surface area contributed by atoms with E-state index < -0.39 is 6.03 Å². The minimum atomic E-state index is -0.436. The summed E-state index contributed by atoms with van der Waals surface area (Å²) in [4.78, 5) is 36.5. The van der Waals surface area contributed by atoms with Gasteiger partial charge in [-0.3, -0.25) is 19.8 Å². The van der Waals surface area contributed by atoms with Crippen molar-refractivity contribution in [3.63, 3.8) is 0 Å². The Morgan fingerprint density at radius 2 is 2.04 bits per heavy atom. The van der Waals surface area contributed by atoms with Gasteiger partial charge in [-0.15, -0.1) is 0 Å². The molecule has 3 atom stereocenters. The summed E-state index contributed by atoms with van der Waals surface area (Å²) in [6.45, 7) is 0.794. The lowest BCUT2D eigenvalue weighted by Crippen LogP contribution is -2.53. The van der Waals surface area contributed by atoms with Crippen molar-refractivity contribution in [2.75, 3.05) is 18.1 Å². The number of hydrogen-bond acceptors (Lipinski definition) is 4. The maximum absolute atomic E-state index is 12.3. The maximum atomic E-state index is 12.3. The number of hydrogen-bond donors (Lipinski definition) is 2. The summed E-state index contributed by atoms with van der Waals surface area (Å²) in [6.07, 6.45) is 2.20. The maximum Gasteiger partial charge on any atom is 0.329 e. The summed E-state index contributed by atoms with van der Waals surface area (Å²) >= 11 is 0. The Labute approximate surface area is 133 Å². The zero-order valence-corrected chi connectivity index (χ0v) is 12.5. The number of imide groups is 1. The van der Waals surface area contributed by atoms with Gasteiger partial charge in [-0.2, -0.15) is 0 Å². The number of fused-ring (bicyclic) bond motifs is 1. The summed E-state index contributed by atoms with van der Waals surface area (Å²) in [7, 11) is 0. The molecule has 2 heterocycles. The van der Waals surface area contributed by atoms with Crippen LogP contribution in [-0.2, 0) is 9.53 Å². The summed E-state index contributed by atoms with van der Waals surface area (Å²) in [5.74, 6) is 0.00141. The van der Waals surface area contributed by atoms with Crippen LogP contribution >= 0.6 is 0 Å². The van der Waals surface area contributed by atoms with Crippen LogP contribution in [0.25, 0.3) is 0 Å². The molecule has 0 aromatic heterocycles. The van der Waals surface area contributed by atoms with Gasteiger partial charge in [0, 0.05) is 29.8 Å². The van der Waals surface area contributed by atoms with E-state index >= 15 is 0 Å². The molecule has 7 heteroatoms. The van der Waals surface area contributed by atoms with Gasteiger partial charge in [-0.1, -0.05) is 0 Å². The van der Waals surface area contributed by atoms with Gasteiger partial charge in [0.05, 0.1) is 6.10 Å². The van der Waals surface area contributed by atoms with Crippen LogP contribution in [0.4, 0.5) is 10.5 Å². The molecule has 2 aliphatic heterocycles. The highest BCUT2D eigenvalue weighted by Gasteiger charge is 2.45. The van der Waals surface area contributed by atoms with E-state index in [0.717, 1.165) is 19.4 Å². The largest absolute Gasteiger partial charge is 0.378 e. The molecule has 4 amide bonds. The fourth-order valence-corrected chi connectivity index (χ4v) is 3.46. The molecular formula is C16H17N3O4. The fourth-order valence-electron chi connectivity index (χ4n) is 3.46. The van der Waals surface area contributed by atoms with E-state index in [1.165, 1.54) is 4.90 Å². The number of nitrogens with one attached hydrogen (secondary N) is 2. The first-order valence-corrected chi connectivity index (χ1v) is 7.76. The number of ether oxygens (including phenoxy) is 1. The van der Waals surface area contributed by atoms with Crippen molar-refractivity contribution in [2.45, 2.75) is 25.0 Å². The van der Waals surface area contributed by atoms with Crippen molar-refractivity contribution in [3.05, 3.63) is 29.8 Å². The van der Waals surface area contributed by atoms with Gasteiger partial charge < -0.3 is 10.1 Å². The van der Waals surface area contributed by atoms with Gasteiger partial charge in [0.1, 0.15) is 6.54 Å². The topological polar surface area (TPSA) is 87.7 Å². The lowest BCUT2D eigenvalue weighted by Gasteiger charge is -2.39. The minimum Gasteiger partial charge on any atom is -0.378 e. The molecule has 3 fully saturated rings. The fraction of sp³-hybridized carbons (Fsp3) is 0.438. The van der Waals surface area contributed by atoms with Crippen LogP contribution in [-0.4, -0.2) is 43.1 Å². The molecule has 0 radical (unpaired) electrons. The van der Waals surface area contributed by atoms with Gasteiger partial charge >= 0.3 is 6.03 Å². The number of anilines is 1. The number of rotatable bonds is 3. The second-order valence-electron chi connectivity index (χ2n) is 6.16. The molecule has 4 rings (SSSR count). The zero-order valence-electron chi connectivity index (χ0n) is 12.5. The van der Waals surface area contributed by atoms with Crippen LogP contribution < -0.4 is 15.5 Å². The van der Waals surface area contributed by atoms with E-state index in [2.05, 4.69) is 10.6 Å². The van der Waals surface area contributed by atoms with Gasteiger partial charge in [0.25, 0.3) is 5.91 Å². The monoisotopic (exact) mass is 315 g/mol. The number of benzene rings is 1. The SMILES string of the molecule is O=C1CN(c2ccc(C(=O)N[C@H]3C[C@@H]4OCC[C@H]34)cc2)C(=O)N1. The second kappa shape index (κ2) is 5.34. The molecule has 1 aromatic carbocycles. The van der Waals surface area contributed by atoms with Crippen molar-refractivity contribution in [3.8, 4) is 0 Å². The highest BCUT2D eigenvalue weighted by atomic mass is 16.5. The van der Waals surface area contributed by atoms with E-state index in [-0.39, 0.29) is 24.4 Å². The van der Waals surface area contributed by atoms with Gasteiger partial charge in [-0.05, 0) is 37.1 Å². The Morgan fingerprint density at radius 3 is 2.70 bits per heavy atom. The van der Waals surface area contributed by atoms with Crippen LogP contribution in [0, 0.1) is 5.92 Å². The lowest BCUT2D eigenvalue weighted by molar-refractivity contribution is -0.117. The first-order valence-electron chi connectivity index (χ1n) is 7.76. The normalized spacial score (nSPS) is 29.0. The highest BCUT2D eigenvalue weighted by molar-refractivity contribution is 6.12. The molecule has 1 saturated carbocycles. The van der Waals surface area contributed by atoms with Crippen molar-refractivity contribution >= 4 is 23.5 Å². The molecule has 3 aliphatic rings. The summed E-state index contributed by atoms with van der Waals surface area (Å²) in [5, 5.41) is 5.27. The summed E-state index contributed by atoms with van der Waals surface area (Å²) in [6, 6.07) is 6.44. The predicted octanol–water partition coefficient (Wildman–Crippen LogP) is 0.650. The number of amides is 4. The Hall–Kier alpha value is -2.41. The van der Waals surface area contributed by atoms with Gasteiger partial charge in [-0.25, -0.2) is 4.79 Å². The molecule has 1 aromatic rings. The lowest BCUT2D eigenvalue weighted by atomic mass is 9.76. The first-order chi connectivity index (χ1) is 11.1. The van der Waals surface area contributed by atoms with Crippen molar-refractivity contribution in [1.29, 1.82) is 0 Å². The highest BCUT2D eigenvalue weighted by Crippen LogP contribution is 2.38. The molecule has 0 unspecified atom stereocenters. The molecule has 2 saturated heterocycles. The molecule has 0 spiro atoms. The van der Waals surface area contributed by atoms with E-state index in [0.29, 0.717) is 23.3 Å². The molecule has 2 N–H and O–H groups in total. The third kappa shape index (κ3) is 2.46. The average Bonchev–Trinajstić information content (AvgIpc) is 3.07. The number of urea groups is 1. The van der Waals surface area contributed by atoms with Crippen LogP contribution in [0.5, 0.6) is 0 Å². The van der Waals surface area contributed by atoms with Crippen molar-refractivity contribution in [2.24, 2.45) is 5.92 Å². The Bertz CT molecular complexity index is 672. The molecular weight excluding hydrogens is 298 g/mol. The standard InChI is InChI=1S/C16H17N3O4/c20-14-8-19(16(22)18-14)10-3-1-9(2-4-10)15(21)17-12-7-13-11(12)5-6-23-13/h1-4,11-13H,5-8H2,(H,17,21)(H,18,20,22)/t11-,12+,13+/m1/s1. The molecule has 120 valence electrons. The van der Waals surface area contributed by atoms with Crippen LogP contribution in [0.2, 0.25) is 0 Å². The quantitative estimate of drug-likeness (QED) is 0.802. The van der Waals surface area contributed by atoms with Crippen LogP contribution in [0.15, 0.2) is 24.3 Å². The number of carbonyl (C=O) groups is 3. The minimum absolute atomic E-state index is 0.00944. The first kappa shape index (κ1) is 14.2. The third-order valence-corrected chi connectivity index (χ3v) is 4.81. The third-order valence-electron chi connectivity index (χ3n) is 4.81. The van der Waals surface area contributed by atoms with E-state index in [1.807, 2.05) is 0 Å². The van der Waals surface area contributed by atoms with Crippen LogP contribution in [0.3, 0.4) is 0 Å². The van der Waals surface area contributed by atoms with Crippen LogP contribution in [0.1, 0.15) is 23.2 Å². The van der Waals surface area contributed by atoms with Crippen molar-refractivity contribution < 1.29 is 19.1 Å². The number of carbonyl (C=O) groups excluding carboxylic acids is 3. The predicted molar refractivity (Wildman–Crippen MR) is 81.0 cm³/mol. The van der Waals surface area contributed by atoms with Crippen molar-refractivity contribution in [1.82, 2.24) is 10.6 Å². The molecule has 7 nitrogen and oxygen atoms in total. The van der Waals surface area contributed by atoms with E-state index in [1.54, 1.807) is 24.3 Å². The average molecular weight is 315 g/mol. The Balaban J connectivity index is 1.40. The number of nitrogens with zero attached hydrogens (tertiary/aromatic N) is 1. The van der Waals surface area contributed by atoms with Gasteiger partial charge in [0.15, 0.2) is 0 Å². The Morgan fingerprint density at radius 1 is 1.26 bits per heavy atom. The Kier molecular flexibility index (Phi) is 3.30. The van der Waals surface area contributed by atoms with E-state index in [4.69, 9.17) is 4.74 Å². The zero-order chi connectivity index (χ0) is 16.0. The smallest absolute Gasteiger partial charge is 0.329 e.